The van der Waals surface area contributed by atoms with Crippen LogP contribution in [0, 0.1) is 0 Å². The predicted octanol–water partition coefficient (Wildman–Crippen LogP) is 3.03. The lowest BCUT2D eigenvalue weighted by Gasteiger charge is -2.07. The molecule has 0 bridgehead atoms. The van der Waals surface area contributed by atoms with Crippen LogP contribution in [0.25, 0.3) is 16.3 Å². The second-order valence-electron chi connectivity index (χ2n) is 7.15. The maximum absolute atomic E-state index is 12.8. The number of thiophene rings is 1. The summed E-state index contributed by atoms with van der Waals surface area (Å²) in [4.78, 5) is 13.7. The van der Waals surface area contributed by atoms with Gasteiger partial charge in [-0.2, -0.15) is 10.2 Å². The Morgan fingerprint density at radius 2 is 1.89 bits per heavy atom. The monoisotopic (exact) mass is 511 g/mol. The molecule has 4 rings (SSSR count). The zero-order valence-electron chi connectivity index (χ0n) is 18.7. The SMILES string of the molecule is COc1ccc(OC)c(/C=N\NC(=O)c2cc(-c3cccs3)n(-c3ccc(S(N)(=O)=O)cc3)n2)c1. The number of carbonyl (C=O) groups excluding carboxylic acids is 1. The van der Waals surface area contributed by atoms with Crippen LogP contribution in [0.5, 0.6) is 11.5 Å². The third-order valence-electron chi connectivity index (χ3n) is 4.93. The summed E-state index contributed by atoms with van der Waals surface area (Å²) in [6.45, 7) is 0. The number of hydrazone groups is 1. The van der Waals surface area contributed by atoms with Crippen LogP contribution in [-0.4, -0.2) is 44.5 Å². The van der Waals surface area contributed by atoms with Crippen molar-refractivity contribution in [1.29, 1.82) is 0 Å². The molecule has 2 aromatic carbocycles. The van der Waals surface area contributed by atoms with Gasteiger partial charge in [0.15, 0.2) is 5.69 Å². The molecule has 0 aliphatic heterocycles. The Morgan fingerprint density at radius 1 is 1.11 bits per heavy atom. The van der Waals surface area contributed by atoms with E-state index >= 15 is 0 Å². The second kappa shape index (κ2) is 10.1. The van der Waals surface area contributed by atoms with E-state index in [1.165, 1.54) is 36.8 Å². The van der Waals surface area contributed by atoms with Gasteiger partial charge in [0.05, 0.1) is 41.6 Å². The summed E-state index contributed by atoms with van der Waals surface area (Å²) in [5, 5.41) is 15.5. The molecule has 0 unspecified atom stereocenters. The Hall–Kier alpha value is -4.00. The van der Waals surface area contributed by atoms with Crippen molar-refractivity contribution >= 4 is 33.5 Å². The first-order valence-corrected chi connectivity index (χ1v) is 12.6. The predicted molar refractivity (Wildman–Crippen MR) is 133 cm³/mol. The van der Waals surface area contributed by atoms with Crippen LogP contribution in [0.3, 0.4) is 0 Å². The Balaban J connectivity index is 1.62. The Labute approximate surface area is 205 Å². The van der Waals surface area contributed by atoms with Gasteiger partial charge in [0.2, 0.25) is 10.0 Å². The highest BCUT2D eigenvalue weighted by molar-refractivity contribution is 7.89. The number of primary sulfonamides is 1. The van der Waals surface area contributed by atoms with Crippen LogP contribution < -0.4 is 20.0 Å². The van der Waals surface area contributed by atoms with E-state index < -0.39 is 15.9 Å². The second-order valence-corrected chi connectivity index (χ2v) is 9.66. The summed E-state index contributed by atoms with van der Waals surface area (Å²) in [7, 11) is -0.747. The molecule has 12 heteroatoms. The number of carbonyl (C=O) groups is 1. The number of nitrogens with zero attached hydrogens (tertiary/aromatic N) is 3. The Morgan fingerprint density at radius 3 is 2.51 bits per heavy atom. The van der Waals surface area contributed by atoms with Gasteiger partial charge in [-0.05, 0) is 60.0 Å². The molecule has 0 spiro atoms. The smallest absolute Gasteiger partial charge is 0.291 e. The normalized spacial score (nSPS) is 11.5. The molecule has 0 fully saturated rings. The van der Waals surface area contributed by atoms with E-state index in [1.807, 2.05) is 17.5 Å². The molecule has 0 aliphatic rings. The molecule has 180 valence electrons. The van der Waals surface area contributed by atoms with Gasteiger partial charge in [0.25, 0.3) is 5.91 Å². The number of nitrogens with two attached hydrogens (primary N) is 1. The fraction of sp³-hybridized carbons (Fsp3) is 0.0870. The van der Waals surface area contributed by atoms with E-state index in [0.29, 0.717) is 28.4 Å². The van der Waals surface area contributed by atoms with E-state index in [2.05, 4.69) is 15.6 Å². The number of rotatable bonds is 8. The number of benzene rings is 2. The number of hydrogen-bond donors (Lipinski definition) is 2. The van der Waals surface area contributed by atoms with Crippen molar-refractivity contribution in [2.75, 3.05) is 14.2 Å². The van der Waals surface area contributed by atoms with Crippen LogP contribution in [0.4, 0.5) is 0 Å². The molecule has 1 amide bonds. The fourth-order valence-corrected chi connectivity index (χ4v) is 4.47. The van der Waals surface area contributed by atoms with Crippen LogP contribution >= 0.6 is 11.3 Å². The number of amides is 1. The van der Waals surface area contributed by atoms with Gasteiger partial charge in [-0.15, -0.1) is 11.3 Å². The summed E-state index contributed by atoms with van der Waals surface area (Å²) in [5.74, 6) is 0.656. The number of ether oxygens (including phenoxy) is 2. The summed E-state index contributed by atoms with van der Waals surface area (Å²) in [6.07, 6.45) is 1.45. The minimum Gasteiger partial charge on any atom is -0.497 e. The first kappa shape index (κ1) is 24.1. The number of nitrogens with one attached hydrogen (secondary N) is 1. The van der Waals surface area contributed by atoms with Gasteiger partial charge in [-0.25, -0.2) is 23.7 Å². The standard InChI is InChI=1S/C23H21N5O5S2/c1-32-17-7-10-21(33-2)15(12-17)14-25-26-23(29)19-13-20(22-4-3-11-34-22)28(27-19)16-5-8-18(9-6-16)35(24,30)31/h3-14H,1-2H3,(H,26,29)(H2,24,30,31)/b25-14-. The van der Waals surface area contributed by atoms with Crippen LogP contribution in [-0.2, 0) is 10.0 Å². The van der Waals surface area contributed by atoms with Crippen LogP contribution in [0.2, 0.25) is 0 Å². The minimum absolute atomic E-state index is 0.0219. The highest BCUT2D eigenvalue weighted by Crippen LogP contribution is 2.28. The molecule has 2 heterocycles. The van der Waals surface area contributed by atoms with Crippen LogP contribution in [0.1, 0.15) is 16.1 Å². The van der Waals surface area contributed by atoms with E-state index in [-0.39, 0.29) is 10.6 Å². The molecule has 2 aromatic heterocycles. The lowest BCUT2D eigenvalue weighted by Crippen LogP contribution is -2.18. The Bertz CT molecular complexity index is 1480. The zero-order chi connectivity index (χ0) is 25.0. The first-order chi connectivity index (χ1) is 16.8. The van der Waals surface area contributed by atoms with E-state index in [9.17, 15) is 13.2 Å². The molecule has 0 saturated heterocycles. The molecule has 0 atom stereocenters. The van der Waals surface area contributed by atoms with E-state index in [1.54, 1.807) is 48.2 Å². The maximum Gasteiger partial charge on any atom is 0.291 e. The minimum atomic E-state index is -3.83. The third kappa shape index (κ3) is 5.40. The number of hydrogen-bond acceptors (Lipinski definition) is 8. The van der Waals surface area contributed by atoms with Gasteiger partial charge >= 0.3 is 0 Å². The third-order valence-corrected chi connectivity index (χ3v) is 6.75. The average molecular weight is 512 g/mol. The summed E-state index contributed by atoms with van der Waals surface area (Å²) in [5.41, 5.74) is 4.43. The molecule has 0 aliphatic carbocycles. The van der Waals surface area contributed by atoms with Crippen molar-refractivity contribution in [3.63, 3.8) is 0 Å². The summed E-state index contributed by atoms with van der Waals surface area (Å²) in [6, 6.07) is 16.5. The topological polar surface area (TPSA) is 138 Å². The van der Waals surface area contributed by atoms with Gasteiger partial charge in [0, 0.05) is 5.56 Å². The van der Waals surface area contributed by atoms with Crippen molar-refractivity contribution in [3.8, 4) is 27.8 Å². The highest BCUT2D eigenvalue weighted by Gasteiger charge is 2.18. The maximum atomic E-state index is 12.8. The van der Waals surface area contributed by atoms with Gasteiger partial charge in [0.1, 0.15) is 11.5 Å². The zero-order valence-corrected chi connectivity index (χ0v) is 20.3. The lowest BCUT2D eigenvalue weighted by molar-refractivity contribution is 0.0949. The quantitative estimate of drug-likeness (QED) is 0.275. The summed E-state index contributed by atoms with van der Waals surface area (Å²) < 4.78 is 35.2. The highest BCUT2D eigenvalue weighted by atomic mass is 32.2. The molecule has 0 radical (unpaired) electrons. The molecule has 0 saturated carbocycles. The molecular weight excluding hydrogens is 490 g/mol. The van der Waals surface area contributed by atoms with Crippen molar-refractivity contribution < 1.29 is 22.7 Å². The van der Waals surface area contributed by atoms with Crippen molar-refractivity contribution in [1.82, 2.24) is 15.2 Å². The average Bonchev–Trinajstić information content (AvgIpc) is 3.53. The largest absolute Gasteiger partial charge is 0.497 e. The molecule has 4 aromatic rings. The van der Waals surface area contributed by atoms with Crippen molar-refractivity contribution in [2.45, 2.75) is 4.90 Å². The van der Waals surface area contributed by atoms with Crippen molar-refractivity contribution in [2.24, 2.45) is 10.2 Å². The van der Waals surface area contributed by atoms with E-state index in [4.69, 9.17) is 14.6 Å². The number of methoxy groups -OCH3 is 2. The van der Waals surface area contributed by atoms with Crippen molar-refractivity contribution in [3.05, 3.63) is 77.3 Å². The van der Waals surface area contributed by atoms with Gasteiger partial charge in [-0.3, -0.25) is 4.79 Å². The fourth-order valence-electron chi connectivity index (χ4n) is 3.22. The van der Waals surface area contributed by atoms with Gasteiger partial charge < -0.3 is 9.47 Å². The molecule has 35 heavy (non-hydrogen) atoms. The number of sulfonamides is 1. The molecular formula is C23H21N5O5S2. The number of aromatic nitrogens is 2. The lowest BCUT2D eigenvalue weighted by atomic mass is 10.2. The first-order valence-electron chi connectivity index (χ1n) is 10.1. The van der Waals surface area contributed by atoms with Gasteiger partial charge in [-0.1, -0.05) is 6.07 Å². The molecule has 3 N–H and O–H groups in total. The summed E-state index contributed by atoms with van der Waals surface area (Å²) >= 11 is 1.48. The van der Waals surface area contributed by atoms with E-state index in [0.717, 1.165) is 4.88 Å². The van der Waals surface area contributed by atoms with Crippen LogP contribution in [0.15, 0.2) is 76.0 Å². The molecule has 10 nitrogen and oxygen atoms in total. The Kier molecular flexibility index (Phi) is 6.96.